The lowest BCUT2D eigenvalue weighted by Gasteiger charge is -2.09. The van der Waals surface area contributed by atoms with Gasteiger partial charge in [0.25, 0.3) is 10.0 Å². The molecule has 0 amide bonds. The molecule has 5 nitrogen and oxygen atoms in total. The van der Waals surface area contributed by atoms with Crippen molar-refractivity contribution in [2.45, 2.75) is 25.3 Å². The molecule has 0 aliphatic carbocycles. The number of rotatable bonds is 6. The number of benzene rings is 1. The summed E-state index contributed by atoms with van der Waals surface area (Å²) in [6.07, 6.45) is 1.44. The molecular formula is C14H18FN3O2S. The molecule has 1 aromatic heterocycles. The Morgan fingerprint density at radius 2 is 2.05 bits per heavy atom. The lowest BCUT2D eigenvalue weighted by molar-refractivity contribution is 0.601. The number of hydrogen-bond donors (Lipinski definition) is 3. The van der Waals surface area contributed by atoms with Gasteiger partial charge in [-0.3, -0.25) is 4.72 Å². The Balaban J connectivity index is 2.19. The van der Waals surface area contributed by atoms with Crippen LogP contribution in [0.1, 0.15) is 18.2 Å². The van der Waals surface area contributed by atoms with E-state index in [1.165, 1.54) is 24.4 Å². The monoisotopic (exact) mass is 311 g/mol. The van der Waals surface area contributed by atoms with E-state index in [1.54, 1.807) is 13.0 Å². The summed E-state index contributed by atoms with van der Waals surface area (Å²) in [7, 11) is -3.68. The number of halogens is 1. The van der Waals surface area contributed by atoms with Crippen molar-refractivity contribution in [3.63, 3.8) is 0 Å². The fourth-order valence-corrected chi connectivity index (χ4v) is 3.03. The standard InChI is InChI=1S/C14H18FN3O2S/c1-3-16-8-12-7-13(9-17-12)21(19,20)18-14-5-4-11(15)6-10(14)2/h4-7,9,16-18H,3,8H2,1-2H3. The second kappa shape index (κ2) is 6.28. The van der Waals surface area contributed by atoms with E-state index in [4.69, 9.17) is 0 Å². The van der Waals surface area contributed by atoms with Crippen LogP contribution in [-0.4, -0.2) is 19.9 Å². The van der Waals surface area contributed by atoms with Crippen molar-refractivity contribution >= 4 is 15.7 Å². The molecule has 0 saturated heterocycles. The molecule has 114 valence electrons. The molecule has 0 fully saturated rings. The average molecular weight is 311 g/mol. The second-order valence-electron chi connectivity index (χ2n) is 4.71. The normalized spacial score (nSPS) is 11.6. The van der Waals surface area contributed by atoms with Crippen LogP contribution in [0.3, 0.4) is 0 Å². The summed E-state index contributed by atoms with van der Waals surface area (Å²) in [4.78, 5) is 3.07. The van der Waals surface area contributed by atoms with Gasteiger partial charge in [-0.15, -0.1) is 0 Å². The first-order valence-corrected chi connectivity index (χ1v) is 8.07. The van der Waals surface area contributed by atoms with Crippen LogP contribution < -0.4 is 10.0 Å². The summed E-state index contributed by atoms with van der Waals surface area (Å²) in [6, 6.07) is 5.49. The SMILES string of the molecule is CCNCc1cc(S(=O)(=O)Nc2ccc(F)cc2C)c[nH]1. The van der Waals surface area contributed by atoms with Crippen molar-refractivity contribution in [3.8, 4) is 0 Å². The van der Waals surface area contributed by atoms with Gasteiger partial charge >= 0.3 is 0 Å². The van der Waals surface area contributed by atoms with Crippen molar-refractivity contribution in [2.24, 2.45) is 0 Å². The zero-order chi connectivity index (χ0) is 15.5. The van der Waals surface area contributed by atoms with Gasteiger partial charge in [0.15, 0.2) is 0 Å². The van der Waals surface area contributed by atoms with Crippen LogP contribution in [0.15, 0.2) is 35.4 Å². The zero-order valence-electron chi connectivity index (χ0n) is 11.9. The van der Waals surface area contributed by atoms with E-state index >= 15 is 0 Å². The molecule has 0 aliphatic rings. The van der Waals surface area contributed by atoms with Crippen LogP contribution in [0.25, 0.3) is 0 Å². The topological polar surface area (TPSA) is 74.0 Å². The maximum atomic E-state index is 13.0. The molecule has 21 heavy (non-hydrogen) atoms. The van der Waals surface area contributed by atoms with E-state index in [0.29, 0.717) is 17.8 Å². The molecule has 7 heteroatoms. The van der Waals surface area contributed by atoms with E-state index in [2.05, 4.69) is 15.0 Å². The maximum absolute atomic E-state index is 13.0. The predicted molar refractivity (Wildman–Crippen MR) is 80.1 cm³/mol. The highest BCUT2D eigenvalue weighted by molar-refractivity contribution is 7.92. The maximum Gasteiger partial charge on any atom is 0.263 e. The Morgan fingerprint density at radius 3 is 2.71 bits per heavy atom. The highest BCUT2D eigenvalue weighted by Gasteiger charge is 2.17. The van der Waals surface area contributed by atoms with E-state index in [9.17, 15) is 12.8 Å². The molecule has 1 heterocycles. The van der Waals surface area contributed by atoms with Crippen molar-refractivity contribution in [1.29, 1.82) is 0 Å². The summed E-state index contributed by atoms with van der Waals surface area (Å²) < 4.78 is 40.1. The first kappa shape index (κ1) is 15.5. The lowest BCUT2D eigenvalue weighted by Crippen LogP contribution is -2.13. The molecule has 3 N–H and O–H groups in total. The van der Waals surface area contributed by atoms with Gasteiger partial charge in [0, 0.05) is 18.4 Å². The van der Waals surface area contributed by atoms with E-state index in [1.807, 2.05) is 6.92 Å². The van der Waals surface area contributed by atoms with Gasteiger partial charge in [0.05, 0.1) is 5.69 Å². The molecule has 0 bridgehead atoms. The molecule has 0 radical (unpaired) electrons. The van der Waals surface area contributed by atoms with Crippen molar-refractivity contribution in [2.75, 3.05) is 11.3 Å². The van der Waals surface area contributed by atoms with Gasteiger partial charge < -0.3 is 10.3 Å². The van der Waals surface area contributed by atoms with Crippen molar-refractivity contribution in [3.05, 3.63) is 47.5 Å². The minimum atomic E-state index is -3.68. The number of nitrogens with one attached hydrogen (secondary N) is 3. The highest BCUT2D eigenvalue weighted by atomic mass is 32.2. The van der Waals surface area contributed by atoms with Gasteiger partial charge in [-0.2, -0.15) is 0 Å². The molecule has 0 saturated carbocycles. The third kappa shape index (κ3) is 3.83. The molecular weight excluding hydrogens is 293 g/mol. The Bertz CT molecular complexity index is 726. The first-order chi connectivity index (χ1) is 9.92. The lowest BCUT2D eigenvalue weighted by atomic mass is 10.2. The summed E-state index contributed by atoms with van der Waals surface area (Å²) in [5, 5.41) is 3.11. The first-order valence-electron chi connectivity index (χ1n) is 6.59. The number of H-pyrrole nitrogens is 1. The van der Waals surface area contributed by atoms with Crippen molar-refractivity contribution < 1.29 is 12.8 Å². The third-order valence-corrected chi connectivity index (χ3v) is 4.37. The third-order valence-electron chi connectivity index (χ3n) is 3.02. The van der Waals surface area contributed by atoms with Gasteiger partial charge in [0.1, 0.15) is 10.7 Å². The number of hydrogen-bond acceptors (Lipinski definition) is 3. The summed E-state index contributed by atoms with van der Waals surface area (Å²) in [5.74, 6) is -0.398. The minimum Gasteiger partial charge on any atom is -0.363 e. The Morgan fingerprint density at radius 1 is 1.29 bits per heavy atom. The van der Waals surface area contributed by atoms with Gasteiger partial charge in [-0.1, -0.05) is 6.92 Å². The smallest absolute Gasteiger partial charge is 0.263 e. The van der Waals surface area contributed by atoms with E-state index < -0.39 is 15.8 Å². The summed E-state index contributed by atoms with van der Waals surface area (Å²) >= 11 is 0. The Labute approximate surface area is 123 Å². The number of aromatic amines is 1. The molecule has 2 aromatic rings. The van der Waals surface area contributed by atoms with Crippen LogP contribution in [0.5, 0.6) is 0 Å². The van der Waals surface area contributed by atoms with Gasteiger partial charge in [-0.05, 0) is 43.3 Å². The quantitative estimate of drug-likeness (QED) is 0.767. The number of aromatic nitrogens is 1. The van der Waals surface area contributed by atoms with Gasteiger partial charge in [-0.25, -0.2) is 12.8 Å². The molecule has 2 rings (SSSR count). The molecule has 0 aliphatic heterocycles. The fraction of sp³-hybridized carbons (Fsp3) is 0.286. The molecule has 0 atom stereocenters. The van der Waals surface area contributed by atoms with Crippen LogP contribution >= 0.6 is 0 Å². The Hall–Kier alpha value is -1.86. The summed E-state index contributed by atoms with van der Waals surface area (Å²) in [6.45, 7) is 4.99. The largest absolute Gasteiger partial charge is 0.363 e. The van der Waals surface area contributed by atoms with Crippen LogP contribution in [-0.2, 0) is 16.6 Å². The summed E-state index contributed by atoms with van der Waals surface area (Å²) in [5.41, 5.74) is 1.68. The van der Waals surface area contributed by atoms with E-state index in [0.717, 1.165) is 12.2 Å². The Kier molecular flexibility index (Phi) is 4.64. The molecule has 1 aromatic carbocycles. The van der Waals surface area contributed by atoms with Crippen LogP contribution in [0.4, 0.5) is 10.1 Å². The number of aryl methyl sites for hydroxylation is 1. The second-order valence-corrected chi connectivity index (χ2v) is 6.39. The van der Waals surface area contributed by atoms with Crippen LogP contribution in [0.2, 0.25) is 0 Å². The zero-order valence-corrected chi connectivity index (χ0v) is 12.7. The minimum absolute atomic E-state index is 0.152. The predicted octanol–water partition coefficient (Wildman–Crippen LogP) is 2.37. The molecule has 0 spiro atoms. The highest BCUT2D eigenvalue weighted by Crippen LogP contribution is 2.20. The number of anilines is 1. The fourth-order valence-electron chi connectivity index (χ4n) is 1.88. The van der Waals surface area contributed by atoms with Crippen LogP contribution in [0, 0.1) is 12.7 Å². The molecule has 0 unspecified atom stereocenters. The van der Waals surface area contributed by atoms with Crippen molar-refractivity contribution in [1.82, 2.24) is 10.3 Å². The number of sulfonamides is 1. The average Bonchev–Trinajstić information content (AvgIpc) is 2.89. The van der Waals surface area contributed by atoms with E-state index in [-0.39, 0.29) is 4.90 Å². The van der Waals surface area contributed by atoms with Gasteiger partial charge in [0.2, 0.25) is 0 Å².